The van der Waals surface area contributed by atoms with Gasteiger partial charge in [0.05, 0.1) is 12.1 Å². The number of nitrogens with two attached hydrogens (primary N) is 1. The van der Waals surface area contributed by atoms with E-state index in [9.17, 15) is 0 Å². The van der Waals surface area contributed by atoms with Crippen molar-refractivity contribution in [3.8, 4) is 0 Å². The Labute approximate surface area is 147 Å². The fourth-order valence-electron chi connectivity index (χ4n) is 3.86. The van der Waals surface area contributed by atoms with E-state index in [1.54, 1.807) is 0 Å². The van der Waals surface area contributed by atoms with Crippen molar-refractivity contribution >= 4 is 0 Å². The molecule has 4 nitrogen and oxygen atoms in total. The van der Waals surface area contributed by atoms with Gasteiger partial charge in [-0.3, -0.25) is 0 Å². The number of ether oxygens (including phenoxy) is 1. The second-order valence-corrected chi connectivity index (χ2v) is 8.31. The Morgan fingerprint density at radius 3 is 2.29 bits per heavy atom. The minimum Gasteiger partial charge on any atom is -0.476 e. The van der Waals surface area contributed by atoms with Crippen LogP contribution in [0.15, 0.2) is 37.0 Å². The quantitative estimate of drug-likeness (QED) is 0.694. The molecular formula is C20H35N3O. The maximum Gasteiger partial charge on any atom is 0.180 e. The summed E-state index contributed by atoms with van der Waals surface area (Å²) in [6.45, 7) is 20.0. The zero-order chi connectivity index (χ0) is 17.9. The van der Waals surface area contributed by atoms with Crippen LogP contribution in [0.5, 0.6) is 0 Å². The first-order valence-electron chi connectivity index (χ1n) is 9.22. The van der Waals surface area contributed by atoms with Crippen molar-refractivity contribution in [2.24, 2.45) is 11.1 Å². The molecule has 3 N–H and O–H groups in total. The molecule has 1 saturated carbocycles. The molecule has 1 aliphatic heterocycles. The van der Waals surface area contributed by atoms with Crippen molar-refractivity contribution in [1.29, 1.82) is 0 Å². The van der Waals surface area contributed by atoms with Crippen molar-refractivity contribution < 1.29 is 4.74 Å². The lowest BCUT2D eigenvalue weighted by atomic mass is 9.84. The Bertz CT molecular complexity index is 486. The number of hydrogen-bond acceptors (Lipinski definition) is 4. The highest BCUT2D eigenvalue weighted by molar-refractivity contribution is 5.18. The third kappa shape index (κ3) is 4.49. The third-order valence-electron chi connectivity index (χ3n) is 5.17. The monoisotopic (exact) mass is 333 g/mol. The lowest BCUT2D eigenvalue weighted by Crippen LogP contribution is -2.48. The predicted octanol–water partition coefficient (Wildman–Crippen LogP) is 3.87. The Kier molecular flexibility index (Phi) is 5.89. The summed E-state index contributed by atoms with van der Waals surface area (Å²) in [6, 6.07) is 0.236. The van der Waals surface area contributed by atoms with Crippen molar-refractivity contribution in [1.82, 2.24) is 10.2 Å². The molecule has 0 radical (unpaired) electrons. The van der Waals surface area contributed by atoms with Gasteiger partial charge in [-0.1, -0.05) is 33.9 Å². The number of rotatable bonds is 7. The maximum atomic E-state index is 6.02. The summed E-state index contributed by atoms with van der Waals surface area (Å²) < 4.78 is 6.02. The molecule has 2 aliphatic rings. The van der Waals surface area contributed by atoms with Crippen LogP contribution in [0.25, 0.3) is 0 Å². The summed E-state index contributed by atoms with van der Waals surface area (Å²) >= 11 is 0. The largest absolute Gasteiger partial charge is 0.476 e. The molecule has 0 aromatic rings. The number of likely N-dealkylation sites (tertiary alicyclic amines) is 1. The van der Waals surface area contributed by atoms with Crippen LogP contribution in [0.2, 0.25) is 0 Å². The van der Waals surface area contributed by atoms with E-state index in [0.29, 0.717) is 12.0 Å². The van der Waals surface area contributed by atoms with Gasteiger partial charge in [-0.15, -0.1) is 0 Å². The van der Waals surface area contributed by atoms with Crippen LogP contribution in [-0.4, -0.2) is 29.6 Å². The van der Waals surface area contributed by atoms with Gasteiger partial charge in [0.15, 0.2) is 5.88 Å². The molecule has 0 amide bonds. The standard InChI is InChI=1S/C20H35N3O/c1-14(21)18-12-9-13-23(18)15(2)19(20(4,5)6)22-16(3)24-17-10-7-8-11-17/h17-19,22H,1-3,7-13,21H2,4-6H3/t18?,19-/m1/s1. The summed E-state index contributed by atoms with van der Waals surface area (Å²) in [7, 11) is 0. The maximum absolute atomic E-state index is 6.02. The smallest absolute Gasteiger partial charge is 0.180 e. The van der Waals surface area contributed by atoms with Crippen LogP contribution in [0.4, 0.5) is 0 Å². The number of nitrogens with zero attached hydrogens (tertiary/aromatic N) is 1. The van der Waals surface area contributed by atoms with E-state index in [-0.39, 0.29) is 17.5 Å². The molecule has 0 aromatic heterocycles. The normalized spacial score (nSPS) is 23.1. The van der Waals surface area contributed by atoms with Crippen molar-refractivity contribution in [3.05, 3.63) is 37.0 Å². The Balaban J connectivity index is 2.05. The Morgan fingerprint density at radius 1 is 1.12 bits per heavy atom. The zero-order valence-electron chi connectivity index (χ0n) is 15.7. The Hall–Kier alpha value is -1.58. The van der Waals surface area contributed by atoms with Crippen molar-refractivity contribution in [3.63, 3.8) is 0 Å². The highest BCUT2D eigenvalue weighted by Crippen LogP contribution is 2.33. The first-order chi connectivity index (χ1) is 11.2. The molecule has 1 aliphatic carbocycles. The van der Waals surface area contributed by atoms with E-state index in [1.807, 2.05) is 0 Å². The van der Waals surface area contributed by atoms with Crippen molar-refractivity contribution in [2.45, 2.75) is 77.5 Å². The van der Waals surface area contributed by atoms with Gasteiger partial charge >= 0.3 is 0 Å². The SMILES string of the molecule is C=C(N[C@H](C(=C)N1CCCC1C(=C)N)C(C)(C)C)OC1CCCC1. The average molecular weight is 334 g/mol. The van der Waals surface area contributed by atoms with Crippen LogP contribution in [0, 0.1) is 5.41 Å². The van der Waals surface area contributed by atoms with Gasteiger partial charge in [-0.2, -0.15) is 0 Å². The zero-order valence-corrected chi connectivity index (χ0v) is 15.7. The fourth-order valence-corrected chi connectivity index (χ4v) is 3.86. The van der Waals surface area contributed by atoms with Crippen LogP contribution in [0.3, 0.4) is 0 Å². The van der Waals surface area contributed by atoms with Gasteiger partial charge in [0.25, 0.3) is 0 Å². The molecule has 24 heavy (non-hydrogen) atoms. The summed E-state index contributed by atoms with van der Waals surface area (Å²) in [4.78, 5) is 2.30. The molecule has 0 aromatic carbocycles. The second kappa shape index (κ2) is 7.54. The molecule has 136 valence electrons. The van der Waals surface area contributed by atoms with Gasteiger partial charge in [-0.25, -0.2) is 0 Å². The van der Waals surface area contributed by atoms with Crippen LogP contribution in [-0.2, 0) is 4.74 Å². The number of nitrogens with one attached hydrogen (secondary N) is 1. The summed E-state index contributed by atoms with van der Waals surface area (Å²) in [5.41, 5.74) is 7.77. The highest BCUT2D eigenvalue weighted by atomic mass is 16.5. The summed E-state index contributed by atoms with van der Waals surface area (Å²) in [6.07, 6.45) is 7.23. The van der Waals surface area contributed by atoms with E-state index < -0.39 is 0 Å². The van der Waals surface area contributed by atoms with Crippen LogP contribution < -0.4 is 11.1 Å². The fraction of sp³-hybridized carbons (Fsp3) is 0.700. The number of hydrogen-bond donors (Lipinski definition) is 2. The molecule has 2 fully saturated rings. The molecule has 1 heterocycles. The van der Waals surface area contributed by atoms with Gasteiger partial charge in [-0.05, 0) is 50.5 Å². The van der Waals surface area contributed by atoms with Crippen molar-refractivity contribution in [2.75, 3.05) is 6.54 Å². The first-order valence-corrected chi connectivity index (χ1v) is 9.22. The molecule has 0 spiro atoms. The predicted molar refractivity (Wildman–Crippen MR) is 101 cm³/mol. The Morgan fingerprint density at radius 2 is 1.75 bits per heavy atom. The molecule has 2 atom stereocenters. The minimum atomic E-state index is -0.0118. The molecule has 1 unspecified atom stereocenters. The lowest BCUT2D eigenvalue weighted by molar-refractivity contribution is 0.0937. The van der Waals surface area contributed by atoms with E-state index in [4.69, 9.17) is 10.5 Å². The molecule has 0 bridgehead atoms. The highest BCUT2D eigenvalue weighted by Gasteiger charge is 2.35. The third-order valence-corrected chi connectivity index (χ3v) is 5.17. The first kappa shape index (κ1) is 18.8. The lowest BCUT2D eigenvalue weighted by Gasteiger charge is -2.40. The summed E-state index contributed by atoms with van der Waals surface area (Å²) in [5, 5.41) is 3.49. The van der Waals surface area contributed by atoms with Gasteiger partial charge < -0.3 is 20.7 Å². The van der Waals surface area contributed by atoms with Gasteiger partial charge in [0.2, 0.25) is 0 Å². The molecule has 2 rings (SSSR count). The van der Waals surface area contributed by atoms with Gasteiger partial charge in [0, 0.05) is 17.9 Å². The second-order valence-electron chi connectivity index (χ2n) is 8.31. The minimum absolute atomic E-state index is 0.0118. The van der Waals surface area contributed by atoms with E-state index in [1.165, 1.54) is 12.8 Å². The van der Waals surface area contributed by atoms with E-state index in [2.05, 4.69) is 50.7 Å². The van der Waals surface area contributed by atoms with E-state index in [0.717, 1.165) is 43.6 Å². The average Bonchev–Trinajstić information content (AvgIpc) is 3.13. The molecule has 1 saturated heterocycles. The summed E-state index contributed by atoms with van der Waals surface area (Å²) in [5.74, 6) is 0.658. The van der Waals surface area contributed by atoms with Crippen LogP contribution in [0.1, 0.15) is 59.3 Å². The molecular weight excluding hydrogens is 298 g/mol. The topological polar surface area (TPSA) is 50.5 Å². The molecule has 4 heteroatoms. The van der Waals surface area contributed by atoms with E-state index >= 15 is 0 Å². The van der Waals surface area contributed by atoms with Crippen LogP contribution >= 0.6 is 0 Å². The van der Waals surface area contributed by atoms with Gasteiger partial charge in [0.1, 0.15) is 6.10 Å².